The first-order chi connectivity index (χ1) is 6.70. The molecule has 1 amide bonds. The second kappa shape index (κ2) is 9.50. The molecule has 0 aromatic carbocycles. The summed E-state index contributed by atoms with van der Waals surface area (Å²) in [7, 11) is 0. The van der Waals surface area contributed by atoms with Crippen molar-refractivity contribution in [2.24, 2.45) is 5.92 Å². The maximum absolute atomic E-state index is 11.3. The number of halogens is 1. The Morgan fingerprint density at radius 2 is 2.14 bits per heavy atom. The second-order valence-corrected chi connectivity index (χ2v) is 4.64. The van der Waals surface area contributed by atoms with E-state index in [-0.39, 0.29) is 5.91 Å². The van der Waals surface area contributed by atoms with Crippen LogP contribution in [0.25, 0.3) is 0 Å². The minimum atomic E-state index is 0.208. The first-order valence-corrected chi connectivity index (χ1v) is 6.65. The van der Waals surface area contributed by atoms with E-state index in [1.165, 1.54) is 6.42 Å². The van der Waals surface area contributed by atoms with Crippen molar-refractivity contribution in [1.82, 2.24) is 5.32 Å². The van der Waals surface area contributed by atoms with E-state index < -0.39 is 0 Å². The van der Waals surface area contributed by atoms with Gasteiger partial charge in [-0.15, -0.1) is 0 Å². The van der Waals surface area contributed by atoms with Gasteiger partial charge in [0.1, 0.15) is 0 Å². The van der Waals surface area contributed by atoms with E-state index in [1.807, 2.05) is 0 Å². The number of rotatable bonds is 8. The standard InChI is InChI=1S/C11H22BrNO/c1-3-4-5-6-11(14)13-9-10(2)7-8-12/h10H,3-9H2,1-2H3,(H,13,14). The van der Waals surface area contributed by atoms with Crippen molar-refractivity contribution in [2.45, 2.75) is 46.0 Å². The summed E-state index contributed by atoms with van der Waals surface area (Å²) in [6.45, 7) is 5.13. The van der Waals surface area contributed by atoms with Gasteiger partial charge < -0.3 is 5.32 Å². The van der Waals surface area contributed by atoms with E-state index in [0.717, 1.165) is 31.1 Å². The normalized spacial score (nSPS) is 12.5. The Hall–Kier alpha value is -0.0500. The molecule has 0 aliphatic rings. The van der Waals surface area contributed by atoms with E-state index in [2.05, 4.69) is 35.1 Å². The fourth-order valence-electron chi connectivity index (χ4n) is 1.20. The molecule has 0 radical (unpaired) electrons. The Morgan fingerprint density at radius 3 is 2.71 bits per heavy atom. The Labute approximate surface area is 96.0 Å². The lowest BCUT2D eigenvalue weighted by atomic mass is 10.1. The van der Waals surface area contributed by atoms with Crippen LogP contribution in [0.4, 0.5) is 0 Å². The number of nitrogens with one attached hydrogen (secondary N) is 1. The van der Waals surface area contributed by atoms with E-state index in [1.54, 1.807) is 0 Å². The number of carbonyl (C=O) groups is 1. The molecule has 0 fully saturated rings. The SMILES string of the molecule is CCCCCC(=O)NCC(C)CCBr. The monoisotopic (exact) mass is 263 g/mol. The van der Waals surface area contributed by atoms with Crippen LogP contribution in [0.1, 0.15) is 46.0 Å². The first-order valence-electron chi connectivity index (χ1n) is 5.53. The zero-order valence-electron chi connectivity index (χ0n) is 9.31. The predicted octanol–water partition coefficient (Wildman–Crippen LogP) is 3.10. The molecule has 0 aromatic heterocycles. The van der Waals surface area contributed by atoms with Gasteiger partial charge in [-0.1, -0.05) is 42.6 Å². The highest BCUT2D eigenvalue weighted by atomic mass is 79.9. The van der Waals surface area contributed by atoms with Gasteiger partial charge in [0.15, 0.2) is 0 Å². The number of hydrogen-bond donors (Lipinski definition) is 1. The summed E-state index contributed by atoms with van der Waals surface area (Å²) < 4.78 is 0. The molecule has 14 heavy (non-hydrogen) atoms. The van der Waals surface area contributed by atoms with Crippen molar-refractivity contribution in [3.8, 4) is 0 Å². The summed E-state index contributed by atoms with van der Waals surface area (Å²) >= 11 is 3.40. The second-order valence-electron chi connectivity index (χ2n) is 3.84. The lowest BCUT2D eigenvalue weighted by Gasteiger charge is -2.10. The van der Waals surface area contributed by atoms with Gasteiger partial charge in [-0.2, -0.15) is 0 Å². The summed E-state index contributed by atoms with van der Waals surface area (Å²) in [6, 6.07) is 0. The van der Waals surface area contributed by atoms with Gasteiger partial charge in [0.25, 0.3) is 0 Å². The Morgan fingerprint density at radius 1 is 1.43 bits per heavy atom. The Kier molecular flexibility index (Phi) is 9.47. The highest BCUT2D eigenvalue weighted by molar-refractivity contribution is 9.09. The summed E-state index contributed by atoms with van der Waals surface area (Å²) in [5, 5.41) is 3.98. The summed E-state index contributed by atoms with van der Waals surface area (Å²) in [6.07, 6.45) is 5.16. The molecule has 0 spiro atoms. The number of alkyl halides is 1. The van der Waals surface area contributed by atoms with Crippen LogP contribution >= 0.6 is 15.9 Å². The predicted molar refractivity (Wildman–Crippen MR) is 64.7 cm³/mol. The number of unbranched alkanes of at least 4 members (excludes halogenated alkanes) is 2. The molecule has 3 heteroatoms. The molecule has 0 heterocycles. The van der Waals surface area contributed by atoms with Crippen LogP contribution in [0.15, 0.2) is 0 Å². The Balaban J connectivity index is 3.34. The van der Waals surface area contributed by atoms with Gasteiger partial charge >= 0.3 is 0 Å². The average molecular weight is 264 g/mol. The van der Waals surface area contributed by atoms with Crippen LogP contribution < -0.4 is 5.32 Å². The van der Waals surface area contributed by atoms with E-state index >= 15 is 0 Å². The number of carbonyl (C=O) groups excluding carboxylic acids is 1. The van der Waals surface area contributed by atoms with Crippen LogP contribution in [-0.2, 0) is 4.79 Å². The minimum Gasteiger partial charge on any atom is -0.356 e. The fraction of sp³-hybridized carbons (Fsp3) is 0.909. The highest BCUT2D eigenvalue weighted by Gasteiger charge is 2.04. The van der Waals surface area contributed by atoms with Crippen molar-refractivity contribution in [1.29, 1.82) is 0 Å². The van der Waals surface area contributed by atoms with E-state index in [0.29, 0.717) is 12.3 Å². The van der Waals surface area contributed by atoms with E-state index in [9.17, 15) is 4.79 Å². The molecule has 0 rings (SSSR count). The molecule has 0 aliphatic carbocycles. The molecule has 0 bridgehead atoms. The van der Waals surface area contributed by atoms with Gasteiger partial charge in [0.2, 0.25) is 5.91 Å². The maximum Gasteiger partial charge on any atom is 0.220 e. The fourth-order valence-corrected chi connectivity index (χ4v) is 1.98. The largest absolute Gasteiger partial charge is 0.356 e. The maximum atomic E-state index is 11.3. The topological polar surface area (TPSA) is 29.1 Å². The van der Waals surface area contributed by atoms with Gasteiger partial charge in [-0.3, -0.25) is 4.79 Å². The lowest BCUT2D eigenvalue weighted by Crippen LogP contribution is -2.28. The van der Waals surface area contributed by atoms with Crippen LogP contribution in [0.5, 0.6) is 0 Å². The number of hydrogen-bond acceptors (Lipinski definition) is 1. The van der Waals surface area contributed by atoms with Crippen LogP contribution in [0, 0.1) is 5.92 Å². The molecule has 1 N–H and O–H groups in total. The highest BCUT2D eigenvalue weighted by Crippen LogP contribution is 2.03. The summed E-state index contributed by atoms with van der Waals surface area (Å²) in [5.74, 6) is 0.782. The molecule has 1 atom stereocenters. The third kappa shape index (κ3) is 8.54. The third-order valence-electron chi connectivity index (χ3n) is 2.26. The third-order valence-corrected chi connectivity index (χ3v) is 2.71. The van der Waals surface area contributed by atoms with Gasteiger partial charge in [-0.05, 0) is 18.8 Å². The number of amides is 1. The van der Waals surface area contributed by atoms with Gasteiger partial charge in [0, 0.05) is 18.3 Å². The van der Waals surface area contributed by atoms with Crippen molar-refractivity contribution < 1.29 is 4.79 Å². The Bertz CT molecular complexity index is 150. The molecule has 0 saturated carbocycles. The molecule has 0 aromatic rings. The van der Waals surface area contributed by atoms with Crippen molar-refractivity contribution in [3.63, 3.8) is 0 Å². The molecular weight excluding hydrogens is 242 g/mol. The molecule has 0 saturated heterocycles. The van der Waals surface area contributed by atoms with Gasteiger partial charge in [-0.25, -0.2) is 0 Å². The first kappa shape index (κ1) is 13.9. The van der Waals surface area contributed by atoms with Crippen LogP contribution in [0.2, 0.25) is 0 Å². The smallest absolute Gasteiger partial charge is 0.220 e. The average Bonchev–Trinajstić information content (AvgIpc) is 2.16. The van der Waals surface area contributed by atoms with E-state index in [4.69, 9.17) is 0 Å². The quantitative estimate of drug-likeness (QED) is 0.529. The zero-order chi connectivity index (χ0) is 10.8. The van der Waals surface area contributed by atoms with Crippen LogP contribution in [-0.4, -0.2) is 17.8 Å². The summed E-state index contributed by atoms with van der Waals surface area (Å²) in [4.78, 5) is 11.3. The van der Waals surface area contributed by atoms with Crippen molar-refractivity contribution >= 4 is 21.8 Å². The zero-order valence-corrected chi connectivity index (χ0v) is 10.9. The molecule has 84 valence electrons. The molecule has 1 unspecified atom stereocenters. The summed E-state index contributed by atoms with van der Waals surface area (Å²) in [5.41, 5.74) is 0. The van der Waals surface area contributed by atoms with Crippen molar-refractivity contribution in [2.75, 3.05) is 11.9 Å². The minimum absolute atomic E-state index is 0.208. The molecule has 2 nitrogen and oxygen atoms in total. The molecule has 0 aliphatic heterocycles. The van der Waals surface area contributed by atoms with Crippen LogP contribution in [0.3, 0.4) is 0 Å². The van der Waals surface area contributed by atoms with Crippen molar-refractivity contribution in [3.05, 3.63) is 0 Å². The van der Waals surface area contributed by atoms with Gasteiger partial charge in [0.05, 0.1) is 0 Å². The lowest BCUT2D eigenvalue weighted by molar-refractivity contribution is -0.121. The molecular formula is C11H22BrNO.